The van der Waals surface area contributed by atoms with E-state index in [1.807, 2.05) is 29.0 Å². The maximum atomic E-state index is 13.0. The van der Waals surface area contributed by atoms with Crippen LogP contribution in [0.5, 0.6) is 0 Å². The molecule has 0 atom stereocenters. The van der Waals surface area contributed by atoms with Crippen LogP contribution < -0.4 is 5.56 Å². The first-order valence-corrected chi connectivity index (χ1v) is 11.6. The Labute approximate surface area is 180 Å². The summed E-state index contributed by atoms with van der Waals surface area (Å²) in [7, 11) is 1.80. The number of thiophene rings is 1. The van der Waals surface area contributed by atoms with Gasteiger partial charge in [0.25, 0.3) is 5.56 Å². The summed E-state index contributed by atoms with van der Waals surface area (Å²) in [6.45, 7) is 5.27. The molecule has 0 spiro atoms. The van der Waals surface area contributed by atoms with E-state index in [9.17, 15) is 9.59 Å². The summed E-state index contributed by atoms with van der Waals surface area (Å²) in [4.78, 5) is 32.0. The van der Waals surface area contributed by atoms with Crippen molar-refractivity contribution < 1.29 is 4.79 Å². The molecule has 28 heavy (non-hydrogen) atoms. The number of hydrogen-bond donors (Lipinski definition) is 0. The molecular formula is C20H22BrN3O2S2. The minimum Gasteiger partial charge on any atom is -0.341 e. The topological polar surface area (TPSA) is 55.2 Å². The average Bonchev–Trinajstić information content (AvgIpc) is 3.15. The SMILES string of the molecule is CC(C)Cn1c(SCC(=O)N(C)Cc2ccsc2)nc2ccc(Br)cc2c1=O. The standard InChI is InChI=1S/C20H22BrN3O2S2/c1-13(2)9-24-19(26)16-8-15(21)4-5-17(16)22-20(24)28-12-18(25)23(3)10-14-6-7-27-11-14/h4-8,11,13H,9-10,12H2,1-3H3. The summed E-state index contributed by atoms with van der Waals surface area (Å²) in [6.07, 6.45) is 0. The summed E-state index contributed by atoms with van der Waals surface area (Å²) < 4.78 is 2.54. The average molecular weight is 480 g/mol. The summed E-state index contributed by atoms with van der Waals surface area (Å²) in [5.74, 6) is 0.547. The number of halogens is 1. The van der Waals surface area contributed by atoms with Gasteiger partial charge in [-0.25, -0.2) is 4.98 Å². The molecule has 148 valence electrons. The molecule has 3 rings (SSSR count). The first-order chi connectivity index (χ1) is 13.3. The quantitative estimate of drug-likeness (QED) is 0.366. The van der Waals surface area contributed by atoms with Gasteiger partial charge in [-0.1, -0.05) is 41.5 Å². The molecule has 0 radical (unpaired) electrons. The van der Waals surface area contributed by atoms with E-state index in [1.54, 1.807) is 33.9 Å². The van der Waals surface area contributed by atoms with Crippen molar-refractivity contribution >= 4 is 55.8 Å². The van der Waals surface area contributed by atoms with E-state index >= 15 is 0 Å². The van der Waals surface area contributed by atoms with Crippen LogP contribution in [0.1, 0.15) is 19.4 Å². The number of thioether (sulfide) groups is 1. The van der Waals surface area contributed by atoms with Crippen LogP contribution in [0.25, 0.3) is 10.9 Å². The molecule has 0 aliphatic carbocycles. The van der Waals surface area contributed by atoms with Gasteiger partial charge in [0.05, 0.1) is 16.7 Å². The van der Waals surface area contributed by atoms with Gasteiger partial charge < -0.3 is 4.90 Å². The summed E-state index contributed by atoms with van der Waals surface area (Å²) in [6, 6.07) is 7.52. The van der Waals surface area contributed by atoms with Crippen molar-refractivity contribution in [1.82, 2.24) is 14.5 Å². The second-order valence-electron chi connectivity index (χ2n) is 7.04. The van der Waals surface area contributed by atoms with Gasteiger partial charge in [-0.05, 0) is 46.5 Å². The van der Waals surface area contributed by atoms with Crippen LogP contribution in [0.15, 0.2) is 49.4 Å². The molecule has 0 bridgehead atoms. The van der Waals surface area contributed by atoms with Crippen molar-refractivity contribution in [2.75, 3.05) is 12.8 Å². The van der Waals surface area contributed by atoms with Crippen LogP contribution in [-0.2, 0) is 17.9 Å². The molecule has 3 aromatic rings. The number of carbonyl (C=O) groups is 1. The molecule has 0 saturated carbocycles. The fraction of sp³-hybridized carbons (Fsp3) is 0.350. The first-order valence-electron chi connectivity index (χ1n) is 8.93. The van der Waals surface area contributed by atoms with E-state index in [-0.39, 0.29) is 17.2 Å². The number of fused-ring (bicyclic) bond motifs is 1. The van der Waals surface area contributed by atoms with Gasteiger partial charge >= 0.3 is 0 Å². The molecule has 2 aromatic heterocycles. The Bertz CT molecular complexity index is 1030. The molecule has 2 heterocycles. The number of rotatable bonds is 7. The predicted molar refractivity (Wildman–Crippen MR) is 120 cm³/mol. The van der Waals surface area contributed by atoms with Crippen LogP contribution >= 0.6 is 39.0 Å². The fourth-order valence-corrected chi connectivity index (χ4v) is 4.76. The van der Waals surface area contributed by atoms with Gasteiger partial charge in [0.15, 0.2) is 5.16 Å². The minimum absolute atomic E-state index is 0.0115. The third-order valence-electron chi connectivity index (χ3n) is 4.18. The van der Waals surface area contributed by atoms with E-state index < -0.39 is 0 Å². The van der Waals surface area contributed by atoms with E-state index in [4.69, 9.17) is 0 Å². The van der Waals surface area contributed by atoms with Gasteiger partial charge in [-0.3, -0.25) is 14.2 Å². The van der Waals surface area contributed by atoms with Gasteiger partial charge in [-0.2, -0.15) is 11.3 Å². The van der Waals surface area contributed by atoms with E-state index in [0.717, 1.165) is 10.0 Å². The van der Waals surface area contributed by atoms with E-state index in [2.05, 4.69) is 34.8 Å². The number of benzene rings is 1. The van der Waals surface area contributed by atoms with Crippen molar-refractivity contribution in [3.8, 4) is 0 Å². The zero-order valence-electron chi connectivity index (χ0n) is 16.0. The lowest BCUT2D eigenvalue weighted by atomic mass is 10.2. The molecule has 1 amide bonds. The second kappa shape index (κ2) is 9.24. The van der Waals surface area contributed by atoms with E-state index in [0.29, 0.717) is 35.1 Å². The van der Waals surface area contributed by atoms with Gasteiger partial charge in [0.2, 0.25) is 5.91 Å². The third-order valence-corrected chi connectivity index (χ3v) is 6.37. The predicted octanol–water partition coefficient (Wildman–Crippen LogP) is 4.63. The van der Waals surface area contributed by atoms with Crippen molar-refractivity contribution in [2.24, 2.45) is 5.92 Å². The van der Waals surface area contributed by atoms with Crippen molar-refractivity contribution in [3.05, 3.63) is 55.4 Å². The van der Waals surface area contributed by atoms with Crippen molar-refractivity contribution in [2.45, 2.75) is 32.1 Å². The highest BCUT2D eigenvalue weighted by Gasteiger charge is 2.16. The lowest BCUT2D eigenvalue weighted by molar-refractivity contribution is -0.127. The first kappa shape index (κ1) is 21.1. The highest BCUT2D eigenvalue weighted by molar-refractivity contribution is 9.10. The summed E-state index contributed by atoms with van der Waals surface area (Å²) in [5.41, 5.74) is 1.70. The van der Waals surface area contributed by atoms with Crippen LogP contribution in [0.2, 0.25) is 0 Å². The highest BCUT2D eigenvalue weighted by Crippen LogP contribution is 2.22. The Balaban J connectivity index is 1.83. The number of aromatic nitrogens is 2. The van der Waals surface area contributed by atoms with Crippen LogP contribution in [-0.4, -0.2) is 33.2 Å². The van der Waals surface area contributed by atoms with E-state index in [1.165, 1.54) is 11.8 Å². The number of amides is 1. The molecule has 0 unspecified atom stereocenters. The Hall–Kier alpha value is -1.64. The zero-order valence-corrected chi connectivity index (χ0v) is 19.2. The van der Waals surface area contributed by atoms with Crippen LogP contribution in [0, 0.1) is 5.92 Å². The molecular weight excluding hydrogens is 458 g/mol. The lowest BCUT2D eigenvalue weighted by Gasteiger charge is -2.18. The second-order valence-corrected chi connectivity index (χ2v) is 9.67. The van der Waals surface area contributed by atoms with Gasteiger partial charge in [0.1, 0.15) is 0 Å². The molecule has 0 N–H and O–H groups in total. The van der Waals surface area contributed by atoms with Crippen molar-refractivity contribution in [1.29, 1.82) is 0 Å². The Morgan fingerprint density at radius 1 is 1.36 bits per heavy atom. The molecule has 0 aliphatic rings. The van der Waals surface area contributed by atoms with Crippen molar-refractivity contribution in [3.63, 3.8) is 0 Å². The Morgan fingerprint density at radius 2 is 2.14 bits per heavy atom. The zero-order chi connectivity index (χ0) is 20.3. The maximum absolute atomic E-state index is 13.0. The number of hydrogen-bond acceptors (Lipinski definition) is 5. The Kier molecular flexibility index (Phi) is 6.95. The monoisotopic (exact) mass is 479 g/mol. The fourth-order valence-electron chi connectivity index (χ4n) is 2.79. The highest BCUT2D eigenvalue weighted by atomic mass is 79.9. The van der Waals surface area contributed by atoms with Crippen LogP contribution in [0.3, 0.4) is 0 Å². The Morgan fingerprint density at radius 3 is 2.82 bits per heavy atom. The molecule has 0 fully saturated rings. The largest absolute Gasteiger partial charge is 0.341 e. The minimum atomic E-state index is -0.0680. The maximum Gasteiger partial charge on any atom is 0.262 e. The normalized spacial score (nSPS) is 11.3. The molecule has 0 saturated heterocycles. The summed E-state index contributed by atoms with van der Waals surface area (Å²) in [5, 5.41) is 5.22. The lowest BCUT2D eigenvalue weighted by Crippen LogP contribution is -2.29. The molecule has 8 heteroatoms. The van der Waals surface area contributed by atoms with Gasteiger partial charge in [-0.15, -0.1) is 0 Å². The number of carbonyl (C=O) groups excluding carboxylic acids is 1. The summed E-state index contributed by atoms with van der Waals surface area (Å²) >= 11 is 6.36. The molecule has 0 aliphatic heterocycles. The third kappa shape index (κ3) is 5.04. The van der Waals surface area contributed by atoms with Gasteiger partial charge in [0, 0.05) is 24.6 Å². The molecule has 5 nitrogen and oxygen atoms in total. The molecule has 1 aromatic carbocycles. The smallest absolute Gasteiger partial charge is 0.262 e. The number of nitrogens with zero attached hydrogens (tertiary/aromatic N) is 3. The van der Waals surface area contributed by atoms with Crippen LogP contribution in [0.4, 0.5) is 0 Å².